The van der Waals surface area contributed by atoms with Crippen LogP contribution in [-0.4, -0.2) is 34.0 Å². The molecule has 0 unspecified atom stereocenters. The lowest BCUT2D eigenvalue weighted by Gasteiger charge is -2.46. The summed E-state index contributed by atoms with van der Waals surface area (Å²) < 4.78 is 6.02. The first-order valence-corrected chi connectivity index (χ1v) is 9.24. The van der Waals surface area contributed by atoms with Crippen molar-refractivity contribution in [1.82, 2.24) is 14.9 Å². The van der Waals surface area contributed by atoms with Gasteiger partial charge in [-0.15, -0.1) is 0 Å². The van der Waals surface area contributed by atoms with E-state index in [1.165, 1.54) is 12.8 Å². The molecule has 1 spiro atoms. The molecule has 2 fully saturated rings. The maximum absolute atomic E-state index is 12.5. The third kappa shape index (κ3) is 2.56. The van der Waals surface area contributed by atoms with Crippen LogP contribution < -0.4 is 5.32 Å². The van der Waals surface area contributed by atoms with Gasteiger partial charge in [-0.25, -0.2) is 14.8 Å². The Hall–Kier alpha value is -2.18. The zero-order valence-electron chi connectivity index (χ0n) is 14.5. The van der Waals surface area contributed by atoms with Crippen LogP contribution >= 0.6 is 11.6 Å². The molecule has 1 aliphatic carbocycles. The van der Waals surface area contributed by atoms with Crippen LogP contribution in [0.3, 0.4) is 0 Å². The van der Waals surface area contributed by atoms with Crippen LogP contribution in [-0.2, 0) is 16.9 Å². The van der Waals surface area contributed by atoms with Crippen molar-refractivity contribution in [2.75, 3.05) is 18.4 Å². The smallest absolute Gasteiger partial charge is 0.322 e. The molecule has 0 radical (unpaired) electrons. The number of carbonyl (C=O) groups is 1. The van der Waals surface area contributed by atoms with Gasteiger partial charge in [0.25, 0.3) is 0 Å². The van der Waals surface area contributed by atoms with E-state index in [9.17, 15) is 4.79 Å². The summed E-state index contributed by atoms with van der Waals surface area (Å²) in [6, 6.07) is 5.40. The number of aryl methyl sites for hydroxylation is 1. The highest BCUT2D eigenvalue weighted by molar-refractivity contribution is 6.33. The molecule has 0 atom stereocenters. The van der Waals surface area contributed by atoms with Gasteiger partial charge in [0.2, 0.25) is 0 Å². The number of nitrogens with zero attached hydrogens (tertiary/aromatic N) is 3. The highest BCUT2D eigenvalue weighted by atomic mass is 35.5. The molecular weight excluding hydrogens is 352 g/mol. The average Bonchev–Trinajstić information content (AvgIpc) is 3.36. The third-order valence-electron chi connectivity index (χ3n) is 5.35. The molecule has 2 aliphatic heterocycles. The number of likely N-dealkylation sites (tertiary alicyclic amines) is 1. The van der Waals surface area contributed by atoms with Crippen LogP contribution in [0.5, 0.6) is 0 Å². The fourth-order valence-electron chi connectivity index (χ4n) is 3.64. The zero-order chi connectivity index (χ0) is 17.9. The summed E-state index contributed by atoms with van der Waals surface area (Å²) >= 11 is 6.20. The molecule has 1 aromatic heterocycles. The van der Waals surface area contributed by atoms with E-state index >= 15 is 0 Å². The number of fused-ring (bicyclic) bond motifs is 2. The molecule has 1 saturated carbocycles. The summed E-state index contributed by atoms with van der Waals surface area (Å²) in [6.07, 6.45) is 4.26. The van der Waals surface area contributed by atoms with Crippen LogP contribution in [0.1, 0.15) is 41.4 Å². The van der Waals surface area contributed by atoms with Gasteiger partial charge >= 0.3 is 6.03 Å². The van der Waals surface area contributed by atoms with Crippen molar-refractivity contribution in [2.45, 2.75) is 37.9 Å². The predicted octanol–water partition coefficient (Wildman–Crippen LogP) is 3.59. The molecular formula is C19H19ClN4O2. The normalized spacial score (nSPS) is 20.0. The van der Waals surface area contributed by atoms with Gasteiger partial charge in [0.15, 0.2) is 0 Å². The standard InChI is InChI=1S/C19H19ClN4O2/c1-11-2-5-15(14(20)6-11)23-18(25)24-9-19(10-24)13-7-21-17(12-3-4-12)22-16(13)8-26-19/h2,5-7,12H,3-4,8-10H2,1H3,(H,23,25). The Morgan fingerprint density at radius 2 is 2.19 bits per heavy atom. The quantitative estimate of drug-likeness (QED) is 0.877. The minimum absolute atomic E-state index is 0.172. The van der Waals surface area contributed by atoms with Gasteiger partial charge in [-0.1, -0.05) is 17.7 Å². The SMILES string of the molecule is Cc1ccc(NC(=O)N2CC3(C2)OCc2nc(C4CC4)ncc23)c(Cl)c1. The molecule has 5 rings (SSSR count). The van der Waals surface area contributed by atoms with E-state index in [4.69, 9.17) is 16.3 Å². The van der Waals surface area contributed by atoms with Gasteiger partial charge in [0.05, 0.1) is 36.1 Å². The second kappa shape index (κ2) is 5.66. The Morgan fingerprint density at radius 3 is 2.92 bits per heavy atom. The van der Waals surface area contributed by atoms with Crippen LogP contribution in [0.25, 0.3) is 0 Å². The van der Waals surface area contributed by atoms with E-state index in [-0.39, 0.29) is 6.03 Å². The maximum Gasteiger partial charge on any atom is 0.322 e. The van der Waals surface area contributed by atoms with Gasteiger partial charge in [-0.2, -0.15) is 0 Å². The van der Waals surface area contributed by atoms with E-state index in [0.29, 0.717) is 36.3 Å². The summed E-state index contributed by atoms with van der Waals surface area (Å²) in [5.41, 5.74) is 3.22. The molecule has 134 valence electrons. The molecule has 2 aromatic rings. The summed E-state index contributed by atoms with van der Waals surface area (Å²) in [7, 11) is 0. The highest BCUT2D eigenvalue weighted by Crippen LogP contribution is 2.44. The second-order valence-electron chi connectivity index (χ2n) is 7.42. The number of rotatable bonds is 2. The molecule has 26 heavy (non-hydrogen) atoms. The van der Waals surface area contributed by atoms with Crippen molar-refractivity contribution in [3.63, 3.8) is 0 Å². The molecule has 2 amide bonds. The summed E-state index contributed by atoms with van der Waals surface area (Å²) in [5, 5.41) is 3.41. The number of urea groups is 1. The third-order valence-corrected chi connectivity index (χ3v) is 5.66. The number of hydrogen-bond acceptors (Lipinski definition) is 4. The van der Waals surface area contributed by atoms with Crippen LogP contribution in [0.4, 0.5) is 10.5 Å². The lowest BCUT2D eigenvalue weighted by molar-refractivity contribution is -0.122. The fourth-order valence-corrected chi connectivity index (χ4v) is 3.92. The van der Waals surface area contributed by atoms with Gasteiger partial charge in [0.1, 0.15) is 11.4 Å². The first-order valence-electron chi connectivity index (χ1n) is 8.86. The predicted molar refractivity (Wildman–Crippen MR) is 97.3 cm³/mol. The van der Waals surface area contributed by atoms with Crippen molar-refractivity contribution in [2.24, 2.45) is 0 Å². The number of nitrogens with one attached hydrogen (secondary N) is 1. The minimum atomic E-state index is -0.453. The first-order chi connectivity index (χ1) is 12.5. The van der Waals surface area contributed by atoms with Crippen LogP contribution in [0.2, 0.25) is 5.02 Å². The van der Waals surface area contributed by atoms with Crippen LogP contribution in [0.15, 0.2) is 24.4 Å². The average molecular weight is 371 g/mol. The van der Waals surface area contributed by atoms with E-state index < -0.39 is 5.60 Å². The number of amides is 2. The highest BCUT2D eigenvalue weighted by Gasteiger charge is 2.53. The molecule has 1 saturated heterocycles. The van der Waals surface area contributed by atoms with Crippen molar-refractivity contribution in [3.05, 3.63) is 52.1 Å². The number of ether oxygens (including phenoxy) is 1. The Bertz CT molecular complexity index is 906. The fraction of sp³-hybridized carbons (Fsp3) is 0.421. The van der Waals surface area contributed by atoms with Gasteiger partial charge in [0, 0.05) is 17.7 Å². The number of aromatic nitrogens is 2. The maximum atomic E-state index is 12.5. The largest absolute Gasteiger partial charge is 0.360 e. The number of benzene rings is 1. The Labute approximate surface area is 156 Å². The summed E-state index contributed by atoms with van der Waals surface area (Å²) in [5.74, 6) is 1.46. The van der Waals surface area contributed by atoms with Gasteiger partial charge in [-0.3, -0.25) is 0 Å². The van der Waals surface area contributed by atoms with E-state index in [1.54, 1.807) is 4.90 Å². The molecule has 3 heterocycles. The summed E-state index contributed by atoms with van der Waals surface area (Å²) in [6.45, 7) is 3.46. The Kier molecular flexibility index (Phi) is 3.49. The van der Waals surface area contributed by atoms with E-state index in [1.807, 2.05) is 31.3 Å². The molecule has 6 nitrogen and oxygen atoms in total. The molecule has 3 aliphatic rings. The van der Waals surface area contributed by atoms with Gasteiger partial charge in [-0.05, 0) is 37.5 Å². The first kappa shape index (κ1) is 16.0. The lowest BCUT2D eigenvalue weighted by Crippen LogP contribution is -2.62. The Balaban J connectivity index is 1.28. The minimum Gasteiger partial charge on any atom is -0.360 e. The topological polar surface area (TPSA) is 67.4 Å². The number of halogens is 1. The van der Waals surface area contributed by atoms with E-state index in [0.717, 1.165) is 22.6 Å². The molecule has 1 N–H and O–H groups in total. The Morgan fingerprint density at radius 1 is 1.38 bits per heavy atom. The molecule has 7 heteroatoms. The number of anilines is 1. The van der Waals surface area contributed by atoms with Crippen molar-refractivity contribution in [3.8, 4) is 0 Å². The molecule has 0 bridgehead atoms. The monoisotopic (exact) mass is 370 g/mol. The number of carbonyl (C=O) groups excluding carboxylic acids is 1. The second-order valence-corrected chi connectivity index (χ2v) is 7.82. The summed E-state index contributed by atoms with van der Waals surface area (Å²) in [4.78, 5) is 23.4. The van der Waals surface area contributed by atoms with Crippen molar-refractivity contribution in [1.29, 1.82) is 0 Å². The van der Waals surface area contributed by atoms with Crippen LogP contribution in [0, 0.1) is 6.92 Å². The van der Waals surface area contributed by atoms with E-state index in [2.05, 4.69) is 15.3 Å². The number of hydrogen-bond donors (Lipinski definition) is 1. The lowest BCUT2D eigenvalue weighted by atomic mass is 9.88. The molecule has 1 aromatic carbocycles. The zero-order valence-corrected chi connectivity index (χ0v) is 15.2. The van der Waals surface area contributed by atoms with Gasteiger partial charge < -0.3 is 15.0 Å². The van der Waals surface area contributed by atoms with Crippen molar-refractivity contribution >= 4 is 23.3 Å². The van der Waals surface area contributed by atoms with Crippen molar-refractivity contribution < 1.29 is 9.53 Å².